The molecule has 0 atom stereocenters. The number of nitrogens with one attached hydrogen (secondary N) is 1. The van der Waals surface area contributed by atoms with Gasteiger partial charge < -0.3 is 5.11 Å². The number of carbonyl (C=O) groups is 1. The standard InChI is InChI=1S/C16H13N3O2/c1-11(13-4-2-12(10-17)3-5-13)18-19-15-8-6-14(7-9-15)16(20)21/h2-9,19H,1H3,(H,20,21)/b18-11+. The van der Waals surface area contributed by atoms with Crippen molar-refractivity contribution in [3.63, 3.8) is 0 Å². The van der Waals surface area contributed by atoms with Crippen LogP contribution in [0.1, 0.15) is 28.4 Å². The maximum absolute atomic E-state index is 10.7. The van der Waals surface area contributed by atoms with Crippen LogP contribution in [0.3, 0.4) is 0 Å². The second-order valence-electron chi connectivity index (χ2n) is 4.38. The van der Waals surface area contributed by atoms with Crippen LogP contribution in [0.5, 0.6) is 0 Å². The van der Waals surface area contributed by atoms with Gasteiger partial charge in [-0.1, -0.05) is 12.1 Å². The Labute approximate surface area is 122 Å². The summed E-state index contributed by atoms with van der Waals surface area (Å²) in [6.07, 6.45) is 0. The predicted octanol–water partition coefficient (Wildman–Crippen LogP) is 3.09. The summed E-state index contributed by atoms with van der Waals surface area (Å²) in [5.74, 6) is -0.959. The molecule has 2 N–H and O–H groups in total. The van der Waals surface area contributed by atoms with Crippen molar-refractivity contribution in [2.24, 2.45) is 5.10 Å². The molecular weight excluding hydrogens is 266 g/mol. The Bertz CT molecular complexity index is 711. The third-order valence-corrected chi connectivity index (χ3v) is 2.92. The van der Waals surface area contributed by atoms with E-state index in [9.17, 15) is 4.79 Å². The molecule has 0 spiro atoms. The minimum atomic E-state index is -0.959. The lowest BCUT2D eigenvalue weighted by atomic mass is 10.1. The van der Waals surface area contributed by atoms with Gasteiger partial charge in [0.2, 0.25) is 0 Å². The third-order valence-electron chi connectivity index (χ3n) is 2.92. The Morgan fingerprint density at radius 3 is 2.19 bits per heavy atom. The quantitative estimate of drug-likeness (QED) is 0.665. The lowest BCUT2D eigenvalue weighted by molar-refractivity contribution is 0.0697. The summed E-state index contributed by atoms with van der Waals surface area (Å²) in [6, 6.07) is 15.5. The number of carboxylic acids is 1. The number of anilines is 1. The first-order chi connectivity index (χ1) is 10.1. The van der Waals surface area contributed by atoms with E-state index in [1.54, 1.807) is 24.3 Å². The second-order valence-corrected chi connectivity index (χ2v) is 4.38. The average molecular weight is 279 g/mol. The molecule has 0 unspecified atom stereocenters. The van der Waals surface area contributed by atoms with Gasteiger partial charge in [-0.25, -0.2) is 4.79 Å². The number of nitriles is 1. The van der Waals surface area contributed by atoms with Gasteiger partial charge in [-0.15, -0.1) is 0 Å². The number of aromatic carboxylic acids is 1. The topological polar surface area (TPSA) is 85.5 Å². The van der Waals surface area contributed by atoms with Gasteiger partial charge in [-0.05, 0) is 48.9 Å². The lowest BCUT2D eigenvalue weighted by Gasteiger charge is -2.04. The molecule has 0 bridgehead atoms. The molecule has 0 saturated carbocycles. The largest absolute Gasteiger partial charge is 0.478 e. The fourth-order valence-electron chi connectivity index (χ4n) is 1.69. The van der Waals surface area contributed by atoms with Crippen molar-refractivity contribution >= 4 is 17.4 Å². The van der Waals surface area contributed by atoms with Crippen molar-refractivity contribution in [3.8, 4) is 6.07 Å². The fraction of sp³-hybridized carbons (Fsp3) is 0.0625. The molecule has 104 valence electrons. The van der Waals surface area contributed by atoms with Crippen LogP contribution in [0.25, 0.3) is 0 Å². The Kier molecular flexibility index (Phi) is 4.32. The van der Waals surface area contributed by atoms with Crippen molar-refractivity contribution in [2.75, 3.05) is 5.43 Å². The molecule has 0 amide bonds. The van der Waals surface area contributed by atoms with E-state index in [-0.39, 0.29) is 5.56 Å². The molecule has 0 heterocycles. The summed E-state index contributed by atoms with van der Waals surface area (Å²) in [7, 11) is 0. The molecule has 0 radical (unpaired) electrons. The van der Waals surface area contributed by atoms with E-state index in [0.29, 0.717) is 11.3 Å². The summed E-state index contributed by atoms with van der Waals surface area (Å²) in [5, 5.41) is 21.8. The van der Waals surface area contributed by atoms with E-state index in [0.717, 1.165) is 11.3 Å². The van der Waals surface area contributed by atoms with Crippen molar-refractivity contribution < 1.29 is 9.90 Å². The molecule has 5 nitrogen and oxygen atoms in total. The summed E-state index contributed by atoms with van der Waals surface area (Å²) < 4.78 is 0. The summed E-state index contributed by atoms with van der Waals surface area (Å²) in [5.41, 5.74) is 6.07. The molecule has 21 heavy (non-hydrogen) atoms. The fourth-order valence-corrected chi connectivity index (χ4v) is 1.69. The number of hydrogen-bond donors (Lipinski definition) is 2. The molecule has 0 aromatic heterocycles. The summed E-state index contributed by atoms with van der Waals surface area (Å²) in [6.45, 7) is 1.85. The maximum Gasteiger partial charge on any atom is 0.335 e. The SMILES string of the molecule is C/C(=N\Nc1ccc(C(=O)O)cc1)c1ccc(C#N)cc1. The van der Waals surface area contributed by atoms with Gasteiger partial charge in [-0.2, -0.15) is 10.4 Å². The van der Waals surface area contributed by atoms with E-state index in [1.165, 1.54) is 12.1 Å². The van der Waals surface area contributed by atoms with Crippen molar-refractivity contribution in [2.45, 2.75) is 6.92 Å². The summed E-state index contributed by atoms with van der Waals surface area (Å²) >= 11 is 0. The van der Waals surface area contributed by atoms with Gasteiger partial charge in [-0.3, -0.25) is 5.43 Å². The van der Waals surface area contributed by atoms with Crippen LogP contribution < -0.4 is 5.43 Å². The molecular formula is C16H13N3O2. The van der Waals surface area contributed by atoms with Crippen LogP contribution in [-0.2, 0) is 0 Å². The number of hydrogen-bond acceptors (Lipinski definition) is 4. The highest BCUT2D eigenvalue weighted by Gasteiger charge is 2.01. The molecule has 2 aromatic rings. The van der Waals surface area contributed by atoms with Gasteiger partial charge in [0.25, 0.3) is 0 Å². The van der Waals surface area contributed by atoms with Crippen molar-refractivity contribution in [1.29, 1.82) is 5.26 Å². The molecule has 2 aromatic carbocycles. The Morgan fingerprint density at radius 1 is 1.10 bits per heavy atom. The minimum absolute atomic E-state index is 0.230. The van der Waals surface area contributed by atoms with E-state index in [2.05, 4.69) is 16.6 Å². The summed E-state index contributed by atoms with van der Waals surface area (Å²) in [4.78, 5) is 10.7. The van der Waals surface area contributed by atoms with E-state index in [4.69, 9.17) is 10.4 Å². The van der Waals surface area contributed by atoms with Gasteiger partial charge in [0.05, 0.1) is 28.6 Å². The van der Waals surface area contributed by atoms with Gasteiger partial charge >= 0.3 is 5.97 Å². The molecule has 0 aliphatic heterocycles. The molecule has 0 fully saturated rings. The number of carboxylic acid groups (broad SMARTS) is 1. The van der Waals surface area contributed by atoms with E-state index < -0.39 is 5.97 Å². The highest BCUT2D eigenvalue weighted by molar-refractivity contribution is 5.99. The van der Waals surface area contributed by atoms with Crippen molar-refractivity contribution in [1.82, 2.24) is 0 Å². The van der Waals surface area contributed by atoms with Crippen LogP contribution in [0.2, 0.25) is 0 Å². The van der Waals surface area contributed by atoms with E-state index >= 15 is 0 Å². The first-order valence-corrected chi connectivity index (χ1v) is 6.24. The Morgan fingerprint density at radius 2 is 1.67 bits per heavy atom. The van der Waals surface area contributed by atoms with Crippen LogP contribution in [0.4, 0.5) is 5.69 Å². The predicted molar refractivity (Wildman–Crippen MR) is 80.4 cm³/mol. The first-order valence-electron chi connectivity index (χ1n) is 6.24. The highest BCUT2D eigenvalue weighted by atomic mass is 16.4. The highest BCUT2D eigenvalue weighted by Crippen LogP contribution is 2.10. The normalized spacial score (nSPS) is 10.8. The zero-order chi connectivity index (χ0) is 15.2. The van der Waals surface area contributed by atoms with Crippen molar-refractivity contribution in [3.05, 3.63) is 65.2 Å². The lowest BCUT2D eigenvalue weighted by Crippen LogP contribution is -2.00. The molecule has 5 heteroatoms. The average Bonchev–Trinajstić information content (AvgIpc) is 2.53. The van der Waals surface area contributed by atoms with E-state index in [1.807, 2.05) is 19.1 Å². The number of benzene rings is 2. The zero-order valence-electron chi connectivity index (χ0n) is 11.4. The zero-order valence-corrected chi connectivity index (χ0v) is 11.4. The number of hydrazone groups is 1. The third kappa shape index (κ3) is 3.67. The monoisotopic (exact) mass is 279 g/mol. The number of rotatable bonds is 4. The number of nitrogens with zero attached hydrogens (tertiary/aromatic N) is 2. The minimum Gasteiger partial charge on any atom is -0.478 e. The Balaban J connectivity index is 2.08. The van der Waals surface area contributed by atoms with Gasteiger partial charge in [0.15, 0.2) is 0 Å². The molecule has 0 aliphatic rings. The second kappa shape index (κ2) is 6.35. The molecule has 0 aliphatic carbocycles. The van der Waals surface area contributed by atoms with Gasteiger partial charge in [0.1, 0.15) is 0 Å². The first kappa shape index (κ1) is 14.3. The van der Waals surface area contributed by atoms with Gasteiger partial charge in [0, 0.05) is 0 Å². The van der Waals surface area contributed by atoms with Crippen LogP contribution >= 0.6 is 0 Å². The Hall–Kier alpha value is -3.13. The van der Waals surface area contributed by atoms with Crippen LogP contribution in [0.15, 0.2) is 53.6 Å². The maximum atomic E-state index is 10.7. The molecule has 0 saturated heterocycles. The van der Waals surface area contributed by atoms with Crippen LogP contribution in [0, 0.1) is 11.3 Å². The smallest absolute Gasteiger partial charge is 0.335 e. The molecule has 2 rings (SSSR count). The van der Waals surface area contributed by atoms with Crippen LogP contribution in [-0.4, -0.2) is 16.8 Å².